The Bertz CT molecular complexity index is 619. The molecule has 1 aromatic heterocycles. The molecule has 3 rings (SSSR count). The standard InChI is InChI=1S/C10H6N2O2S2/c1-3-5-7(15-9(3)13)12-6-4(2)10(14)16-8(6)11-5/h1-2H3. The van der Waals surface area contributed by atoms with Gasteiger partial charge in [0.25, 0.3) is 0 Å². The summed E-state index contributed by atoms with van der Waals surface area (Å²) >= 11 is 2.17. The molecule has 0 aliphatic carbocycles. The van der Waals surface area contributed by atoms with Gasteiger partial charge in [0, 0.05) is 11.1 Å². The van der Waals surface area contributed by atoms with Crippen molar-refractivity contribution in [1.82, 2.24) is 9.97 Å². The van der Waals surface area contributed by atoms with E-state index >= 15 is 0 Å². The summed E-state index contributed by atoms with van der Waals surface area (Å²) in [7, 11) is 0. The molecule has 0 amide bonds. The molecule has 2 aliphatic rings. The zero-order chi connectivity index (χ0) is 11.4. The summed E-state index contributed by atoms with van der Waals surface area (Å²) in [6.45, 7) is 3.47. The van der Waals surface area contributed by atoms with Crippen molar-refractivity contribution in [1.29, 1.82) is 0 Å². The molecule has 6 heteroatoms. The fraction of sp³-hybridized carbons (Fsp3) is 0.200. The zero-order valence-corrected chi connectivity index (χ0v) is 10.2. The Balaban J connectivity index is 2.41. The highest BCUT2D eigenvalue weighted by Gasteiger charge is 2.26. The maximum atomic E-state index is 11.5. The molecule has 2 aliphatic heterocycles. The van der Waals surface area contributed by atoms with E-state index < -0.39 is 0 Å². The van der Waals surface area contributed by atoms with Gasteiger partial charge in [-0.25, -0.2) is 9.97 Å². The summed E-state index contributed by atoms with van der Waals surface area (Å²) in [4.78, 5) is 31.6. The van der Waals surface area contributed by atoms with Gasteiger partial charge in [0.1, 0.15) is 20.8 Å². The average Bonchev–Trinajstić information content (AvgIpc) is 2.67. The lowest BCUT2D eigenvalue weighted by Crippen LogP contribution is -2.22. The minimum Gasteiger partial charge on any atom is -0.281 e. The van der Waals surface area contributed by atoms with Gasteiger partial charge in [-0.1, -0.05) is 0 Å². The molecule has 1 aromatic rings. The number of fused-ring (bicyclic) bond motifs is 2. The Hall–Kier alpha value is -1.14. The van der Waals surface area contributed by atoms with Gasteiger partial charge in [0.15, 0.2) is 0 Å². The number of rotatable bonds is 0. The number of carbonyl (C=O) groups is 2. The van der Waals surface area contributed by atoms with Gasteiger partial charge in [0.05, 0.1) is 0 Å². The van der Waals surface area contributed by atoms with Crippen LogP contribution in [0.15, 0.2) is 10.1 Å². The first-order chi connectivity index (χ1) is 7.58. The first-order valence-corrected chi connectivity index (χ1v) is 6.25. The van der Waals surface area contributed by atoms with Gasteiger partial charge in [-0.05, 0) is 37.4 Å². The third-order valence-electron chi connectivity index (χ3n) is 2.53. The minimum atomic E-state index is -0.00680. The van der Waals surface area contributed by atoms with Crippen LogP contribution in [0.25, 0.3) is 11.1 Å². The van der Waals surface area contributed by atoms with Crippen LogP contribution in [0.1, 0.15) is 13.8 Å². The predicted molar refractivity (Wildman–Crippen MR) is 61.2 cm³/mol. The SMILES string of the molecule is CC1=c2nc3c(nc2SC1=O)=C(C)C(=O)S3. The van der Waals surface area contributed by atoms with Gasteiger partial charge < -0.3 is 0 Å². The number of hydrogen-bond donors (Lipinski definition) is 0. The van der Waals surface area contributed by atoms with E-state index in [-0.39, 0.29) is 10.2 Å². The van der Waals surface area contributed by atoms with E-state index in [1.54, 1.807) is 13.8 Å². The van der Waals surface area contributed by atoms with Crippen molar-refractivity contribution in [2.45, 2.75) is 23.9 Å². The largest absolute Gasteiger partial charge is 0.281 e. The van der Waals surface area contributed by atoms with E-state index in [1.165, 1.54) is 0 Å². The average molecular weight is 250 g/mol. The summed E-state index contributed by atoms with van der Waals surface area (Å²) in [6, 6.07) is 0. The fourth-order valence-corrected chi connectivity index (χ4v) is 3.27. The Morgan fingerprint density at radius 2 is 1.19 bits per heavy atom. The lowest BCUT2D eigenvalue weighted by Gasteiger charge is -1.93. The van der Waals surface area contributed by atoms with E-state index in [2.05, 4.69) is 9.97 Å². The molecule has 80 valence electrons. The van der Waals surface area contributed by atoms with Crippen LogP contribution in [-0.4, -0.2) is 20.2 Å². The first-order valence-electron chi connectivity index (χ1n) is 4.62. The fourth-order valence-electron chi connectivity index (χ4n) is 1.56. The van der Waals surface area contributed by atoms with Crippen molar-refractivity contribution in [2.24, 2.45) is 0 Å². The summed E-state index contributed by atoms with van der Waals surface area (Å²) in [5.41, 5.74) is 1.24. The lowest BCUT2D eigenvalue weighted by atomic mass is 10.3. The smallest absolute Gasteiger partial charge is 0.223 e. The lowest BCUT2D eigenvalue weighted by molar-refractivity contribution is -0.107. The van der Waals surface area contributed by atoms with E-state index in [1.807, 2.05) is 0 Å². The van der Waals surface area contributed by atoms with Crippen molar-refractivity contribution >= 4 is 44.9 Å². The monoisotopic (exact) mass is 250 g/mol. The van der Waals surface area contributed by atoms with Crippen LogP contribution in [0.2, 0.25) is 0 Å². The summed E-state index contributed by atoms with van der Waals surface area (Å²) in [5.74, 6) is 0. The second kappa shape index (κ2) is 3.18. The molecule has 16 heavy (non-hydrogen) atoms. The second-order valence-electron chi connectivity index (χ2n) is 3.56. The quantitative estimate of drug-likeness (QED) is 0.650. The Kier molecular flexibility index (Phi) is 1.99. The minimum absolute atomic E-state index is 0.00680. The molecule has 0 spiro atoms. The van der Waals surface area contributed by atoms with E-state index in [0.717, 1.165) is 23.5 Å². The molecule has 3 heterocycles. The van der Waals surface area contributed by atoms with E-state index in [0.29, 0.717) is 31.9 Å². The van der Waals surface area contributed by atoms with E-state index in [4.69, 9.17) is 0 Å². The maximum Gasteiger partial charge on any atom is 0.223 e. The van der Waals surface area contributed by atoms with Crippen molar-refractivity contribution in [3.8, 4) is 0 Å². The molecule has 0 unspecified atom stereocenters. The Morgan fingerprint density at radius 1 is 0.812 bits per heavy atom. The molecule has 0 bridgehead atoms. The van der Waals surface area contributed by atoms with Crippen molar-refractivity contribution in [3.63, 3.8) is 0 Å². The van der Waals surface area contributed by atoms with Gasteiger partial charge in [-0.15, -0.1) is 0 Å². The summed E-state index contributed by atoms with van der Waals surface area (Å²) in [5, 5.41) is 2.49. The normalized spacial score (nSPS) is 18.1. The topological polar surface area (TPSA) is 59.9 Å². The van der Waals surface area contributed by atoms with Crippen LogP contribution < -0.4 is 10.7 Å². The highest BCUT2D eigenvalue weighted by Crippen LogP contribution is 2.26. The van der Waals surface area contributed by atoms with Gasteiger partial charge >= 0.3 is 0 Å². The second-order valence-corrected chi connectivity index (χ2v) is 5.48. The van der Waals surface area contributed by atoms with Crippen LogP contribution in [0.4, 0.5) is 0 Å². The number of thioether (sulfide) groups is 2. The van der Waals surface area contributed by atoms with Gasteiger partial charge in [0.2, 0.25) is 10.2 Å². The molecule has 4 nitrogen and oxygen atoms in total. The molecule has 0 aromatic carbocycles. The molecule has 0 fully saturated rings. The third kappa shape index (κ3) is 1.20. The van der Waals surface area contributed by atoms with Gasteiger partial charge in [-0.3, -0.25) is 9.59 Å². The van der Waals surface area contributed by atoms with Crippen LogP contribution >= 0.6 is 23.5 Å². The molecule has 0 saturated carbocycles. The number of nitrogens with zero attached hydrogens (tertiary/aromatic N) is 2. The van der Waals surface area contributed by atoms with Crippen molar-refractivity contribution < 1.29 is 9.59 Å². The van der Waals surface area contributed by atoms with E-state index in [9.17, 15) is 9.59 Å². The Morgan fingerprint density at radius 3 is 1.56 bits per heavy atom. The number of aromatic nitrogens is 2. The van der Waals surface area contributed by atoms with Crippen LogP contribution in [0.3, 0.4) is 0 Å². The highest BCUT2D eigenvalue weighted by atomic mass is 32.2. The molecule has 0 saturated heterocycles. The van der Waals surface area contributed by atoms with Crippen LogP contribution in [0, 0.1) is 0 Å². The van der Waals surface area contributed by atoms with Crippen LogP contribution in [0.5, 0.6) is 0 Å². The summed E-state index contributed by atoms with van der Waals surface area (Å²) in [6.07, 6.45) is 0. The molecule has 0 radical (unpaired) electrons. The number of hydrogen-bond acceptors (Lipinski definition) is 6. The zero-order valence-electron chi connectivity index (χ0n) is 8.53. The first kappa shape index (κ1) is 10.0. The predicted octanol–water partition coefficient (Wildman–Crippen LogP) is 0.0824. The molecule has 0 atom stereocenters. The van der Waals surface area contributed by atoms with Crippen molar-refractivity contribution in [3.05, 3.63) is 10.7 Å². The Labute approximate surface area is 99.2 Å². The van der Waals surface area contributed by atoms with Crippen molar-refractivity contribution in [2.75, 3.05) is 0 Å². The highest BCUT2D eigenvalue weighted by molar-refractivity contribution is 8.15. The summed E-state index contributed by atoms with van der Waals surface area (Å²) < 4.78 is 0. The molecular weight excluding hydrogens is 244 g/mol. The number of carbonyl (C=O) groups excluding carboxylic acids is 2. The molecular formula is C10H6N2O2S2. The molecule has 0 N–H and O–H groups in total. The third-order valence-corrected chi connectivity index (χ3v) is 4.47. The maximum absolute atomic E-state index is 11.5. The van der Waals surface area contributed by atoms with Crippen LogP contribution in [-0.2, 0) is 9.59 Å². The van der Waals surface area contributed by atoms with Gasteiger partial charge in [-0.2, -0.15) is 0 Å².